The molecule has 0 bridgehead atoms. The average molecular weight is 353 g/mol. The molecule has 1 aromatic rings. The van der Waals surface area contributed by atoms with Crippen LogP contribution in [0.2, 0.25) is 0 Å². The van der Waals surface area contributed by atoms with Crippen molar-refractivity contribution in [2.45, 2.75) is 39.0 Å². The summed E-state index contributed by atoms with van der Waals surface area (Å²) in [6.45, 7) is 3.68. The van der Waals surface area contributed by atoms with E-state index in [4.69, 9.17) is 0 Å². The quantitative estimate of drug-likeness (QED) is 0.753. The molecule has 4 heteroatoms. The van der Waals surface area contributed by atoms with Gasteiger partial charge in [-0.05, 0) is 55.5 Å². The summed E-state index contributed by atoms with van der Waals surface area (Å²) >= 11 is 3.38. The SMILES string of the molecule is CC1CCCC(CCNCC(=O)Nc2ccc(Br)cc2)C1. The summed E-state index contributed by atoms with van der Waals surface area (Å²) in [4.78, 5) is 11.8. The van der Waals surface area contributed by atoms with E-state index in [1.54, 1.807) is 0 Å². The Morgan fingerprint density at radius 2 is 2.05 bits per heavy atom. The predicted molar refractivity (Wildman–Crippen MR) is 91.4 cm³/mol. The zero-order chi connectivity index (χ0) is 15.1. The van der Waals surface area contributed by atoms with E-state index >= 15 is 0 Å². The zero-order valence-electron chi connectivity index (χ0n) is 12.7. The van der Waals surface area contributed by atoms with Gasteiger partial charge in [0.25, 0.3) is 0 Å². The maximum Gasteiger partial charge on any atom is 0.238 e. The van der Waals surface area contributed by atoms with Crippen LogP contribution in [0.1, 0.15) is 39.0 Å². The van der Waals surface area contributed by atoms with Crippen molar-refractivity contribution in [2.75, 3.05) is 18.4 Å². The summed E-state index contributed by atoms with van der Waals surface area (Å²) in [6, 6.07) is 7.64. The molecule has 1 saturated carbocycles. The number of halogens is 1. The average Bonchev–Trinajstić information content (AvgIpc) is 2.46. The third-order valence-electron chi connectivity index (χ3n) is 4.19. The minimum atomic E-state index is 0.0225. The molecule has 2 N–H and O–H groups in total. The van der Waals surface area contributed by atoms with E-state index in [2.05, 4.69) is 33.5 Å². The first-order valence-corrected chi connectivity index (χ1v) is 8.69. The van der Waals surface area contributed by atoms with Gasteiger partial charge in [-0.15, -0.1) is 0 Å². The van der Waals surface area contributed by atoms with Crippen molar-refractivity contribution in [2.24, 2.45) is 11.8 Å². The highest BCUT2D eigenvalue weighted by atomic mass is 79.9. The monoisotopic (exact) mass is 352 g/mol. The number of anilines is 1. The van der Waals surface area contributed by atoms with Gasteiger partial charge in [0.1, 0.15) is 0 Å². The first-order chi connectivity index (χ1) is 10.1. The molecule has 0 aliphatic heterocycles. The van der Waals surface area contributed by atoms with Gasteiger partial charge in [0.2, 0.25) is 5.91 Å². The normalized spacial score (nSPS) is 22.0. The fraction of sp³-hybridized carbons (Fsp3) is 0.588. The highest BCUT2D eigenvalue weighted by Crippen LogP contribution is 2.30. The van der Waals surface area contributed by atoms with E-state index in [9.17, 15) is 4.79 Å². The lowest BCUT2D eigenvalue weighted by Gasteiger charge is -2.26. The second-order valence-corrected chi connectivity index (χ2v) is 7.07. The van der Waals surface area contributed by atoms with Crippen molar-refractivity contribution in [3.05, 3.63) is 28.7 Å². The van der Waals surface area contributed by atoms with Gasteiger partial charge >= 0.3 is 0 Å². The third-order valence-corrected chi connectivity index (χ3v) is 4.72. The van der Waals surface area contributed by atoms with E-state index < -0.39 is 0 Å². The lowest BCUT2D eigenvalue weighted by molar-refractivity contribution is -0.115. The molecular formula is C17H25BrN2O. The van der Waals surface area contributed by atoms with Gasteiger partial charge in [-0.1, -0.05) is 42.1 Å². The minimum Gasteiger partial charge on any atom is -0.325 e. The Labute approximate surface area is 136 Å². The van der Waals surface area contributed by atoms with Gasteiger partial charge < -0.3 is 10.6 Å². The number of rotatable bonds is 6. The van der Waals surface area contributed by atoms with Crippen LogP contribution in [0.25, 0.3) is 0 Å². The maximum absolute atomic E-state index is 11.8. The highest BCUT2D eigenvalue weighted by Gasteiger charge is 2.18. The standard InChI is InChI=1S/C17H25BrN2O/c1-13-3-2-4-14(11-13)9-10-19-12-17(21)20-16-7-5-15(18)6-8-16/h5-8,13-14,19H,2-4,9-12H2,1H3,(H,20,21). The van der Waals surface area contributed by atoms with Crippen molar-refractivity contribution in [1.29, 1.82) is 0 Å². The molecule has 0 saturated heterocycles. The molecule has 1 aliphatic carbocycles. The van der Waals surface area contributed by atoms with Crippen molar-refractivity contribution in [3.63, 3.8) is 0 Å². The van der Waals surface area contributed by atoms with Crippen LogP contribution in [0, 0.1) is 11.8 Å². The van der Waals surface area contributed by atoms with Gasteiger partial charge in [-0.3, -0.25) is 4.79 Å². The van der Waals surface area contributed by atoms with Gasteiger partial charge in [0, 0.05) is 10.2 Å². The molecule has 21 heavy (non-hydrogen) atoms. The second-order valence-electron chi connectivity index (χ2n) is 6.16. The van der Waals surface area contributed by atoms with Crippen molar-refractivity contribution in [1.82, 2.24) is 5.32 Å². The molecule has 3 nitrogen and oxygen atoms in total. The van der Waals surface area contributed by atoms with Crippen LogP contribution in [0.5, 0.6) is 0 Å². The molecule has 2 rings (SSSR count). The van der Waals surface area contributed by atoms with Crippen LogP contribution in [0.3, 0.4) is 0 Å². The first kappa shape index (κ1) is 16.5. The molecular weight excluding hydrogens is 328 g/mol. The lowest BCUT2D eigenvalue weighted by atomic mass is 9.81. The van der Waals surface area contributed by atoms with E-state index in [1.165, 1.54) is 32.1 Å². The van der Waals surface area contributed by atoms with Gasteiger partial charge in [0.05, 0.1) is 6.54 Å². The fourth-order valence-corrected chi connectivity index (χ4v) is 3.33. The number of benzene rings is 1. The largest absolute Gasteiger partial charge is 0.325 e. The molecule has 1 aliphatic rings. The van der Waals surface area contributed by atoms with Crippen LogP contribution in [0.4, 0.5) is 5.69 Å². The lowest BCUT2D eigenvalue weighted by Crippen LogP contribution is -2.30. The van der Waals surface area contributed by atoms with E-state index in [0.717, 1.165) is 28.5 Å². The Hall–Kier alpha value is -0.870. The summed E-state index contributed by atoms with van der Waals surface area (Å²) in [5.74, 6) is 1.74. The molecule has 0 spiro atoms. The van der Waals surface area contributed by atoms with Crippen molar-refractivity contribution < 1.29 is 4.79 Å². The molecule has 1 aromatic carbocycles. The van der Waals surface area contributed by atoms with Crippen LogP contribution < -0.4 is 10.6 Å². The topological polar surface area (TPSA) is 41.1 Å². The number of amides is 1. The third kappa shape index (κ3) is 6.18. The fourth-order valence-electron chi connectivity index (χ4n) is 3.07. The number of carbonyl (C=O) groups is 1. The highest BCUT2D eigenvalue weighted by molar-refractivity contribution is 9.10. The summed E-state index contributed by atoms with van der Waals surface area (Å²) in [5, 5.41) is 6.15. The maximum atomic E-state index is 11.8. The summed E-state index contributed by atoms with van der Waals surface area (Å²) < 4.78 is 1.01. The Kier molecular flexibility index (Phi) is 6.71. The molecule has 0 heterocycles. The Morgan fingerprint density at radius 1 is 1.29 bits per heavy atom. The Morgan fingerprint density at radius 3 is 2.76 bits per heavy atom. The minimum absolute atomic E-state index is 0.0225. The zero-order valence-corrected chi connectivity index (χ0v) is 14.3. The molecule has 116 valence electrons. The smallest absolute Gasteiger partial charge is 0.238 e. The van der Waals surface area contributed by atoms with Gasteiger partial charge in [-0.25, -0.2) is 0 Å². The van der Waals surface area contributed by atoms with Crippen LogP contribution >= 0.6 is 15.9 Å². The van der Waals surface area contributed by atoms with E-state index in [1.807, 2.05) is 24.3 Å². The molecule has 0 aromatic heterocycles. The van der Waals surface area contributed by atoms with Crippen LogP contribution in [-0.2, 0) is 4.79 Å². The first-order valence-electron chi connectivity index (χ1n) is 7.89. The van der Waals surface area contributed by atoms with Gasteiger partial charge in [-0.2, -0.15) is 0 Å². The summed E-state index contributed by atoms with van der Waals surface area (Å²) in [5.41, 5.74) is 0.839. The number of carbonyl (C=O) groups excluding carboxylic acids is 1. The second kappa shape index (κ2) is 8.54. The van der Waals surface area contributed by atoms with Crippen molar-refractivity contribution >= 4 is 27.5 Å². The molecule has 2 atom stereocenters. The van der Waals surface area contributed by atoms with Crippen molar-refractivity contribution in [3.8, 4) is 0 Å². The molecule has 0 radical (unpaired) electrons. The summed E-state index contributed by atoms with van der Waals surface area (Å²) in [6.07, 6.45) is 6.66. The number of hydrogen-bond donors (Lipinski definition) is 2. The molecule has 2 unspecified atom stereocenters. The van der Waals surface area contributed by atoms with E-state index in [-0.39, 0.29) is 5.91 Å². The molecule has 1 fully saturated rings. The Bertz CT molecular complexity index is 447. The number of nitrogens with one attached hydrogen (secondary N) is 2. The van der Waals surface area contributed by atoms with Gasteiger partial charge in [0.15, 0.2) is 0 Å². The number of hydrogen-bond acceptors (Lipinski definition) is 2. The van der Waals surface area contributed by atoms with Crippen LogP contribution in [-0.4, -0.2) is 19.0 Å². The van der Waals surface area contributed by atoms with Crippen LogP contribution in [0.15, 0.2) is 28.7 Å². The van der Waals surface area contributed by atoms with E-state index in [0.29, 0.717) is 6.54 Å². The Balaban J connectivity index is 1.59. The molecule has 1 amide bonds. The summed E-state index contributed by atoms with van der Waals surface area (Å²) in [7, 11) is 0. The predicted octanol–water partition coefficient (Wildman–Crippen LogP) is 4.19.